The molecule has 38 heavy (non-hydrogen) atoms. The van der Waals surface area contributed by atoms with Crippen molar-refractivity contribution in [2.75, 3.05) is 6.61 Å². The van der Waals surface area contributed by atoms with Gasteiger partial charge in [0, 0.05) is 10.4 Å². The summed E-state index contributed by atoms with van der Waals surface area (Å²) < 4.78 is 14.8. The minimum atomic E-state index is -0.228. The van der Waals surface area contributed by atoms with Crippen LogP contribution in [0.4, 0.5) is 0 Å². The first-order valence-electron chi connectivity index (χ1n) is 12.0. The first-order valence-corrected chi connectivity index (χ1v) is 14.4. The van der Waals surface area contributed by atoms with Crippen LogP contribution >= 0.6 is 55.1 Å². The van der Waals surface area contributed by atoms with E-state index in [1.807, 2.05) is 44.2 Å². The fraction of sp³-hybridized carbons (Fsp3) is 0.250. The second kappa shape index (κ2) is 12.6. The Morgan fingerprint density at radius 2 is 1.84 bits per heavy atom. The molecule has 0 N–H and O–H groups in total. The molecule has 0 amide bonds. The molecule has 0 unspecified atom stereocenters. The second-order valence-electron chi connectivity index (χ2n) is 8.60. The molecule has 1 heterocycles. The van der Waals surface area contributed by atoms with Crippen molar-refractivity contribution >= 4 is 72.2 Å². The van der Waals surface area contributed by atoms with Gasteiger partial charge in [-0.05, 0) is 82.9 Å². The maximum atomic E-state index is 13.4. The molecule has 0 spiro atoms. The lowest BCUT2D eigenvalue weighted by Gasteiger charge is -2.15. The molecular formula is C28H25Br2Cl2N3O3. The highest BCUT2D eigenvalue weighted by atomic mass is 79.9. The molecule has 0 aliphatic rings. The van der Waals surface area contributed by atoms with Crippen molar-refractivity contribution in [3.63, 3.8) is 0 Å². The van der Waals surface area contributed by atoms with Crippen LogP contribution in [0.15, 0.2) is 67.4 Å². The summed E-state index contributed by atoms with van der Waals surface area (Å²) >= 11 is 19.2. The zero-order chi connectivity index (χ0) is 27.4. The van der Waals surface area contributed by atoms with Gasteiger partial charge < -0.3 is 9.47 Å². The molecule has 0 aliphatic heterocycles. The first-order chi connectivity index (χ1) is 18.2. The summed E-state index contributed by atoms with van der Waals surface area (Å²) in [5.74, 6) is 1.73. The quantitative estimate of drug-likeness (QED) is 0.166. The predicted molar refractivity (Wildman–Crippen MR) is 162 cm³/mol. The van der Waals surface area contributed by atoms with Crippen molar-refractivity contribution in [3.05, 3.63) is 94.8 Å². The van der Waals surface area contributed by atoms with E-state index in [-0.39, 0.29) is 18.1 Å². The maximum absolute atomic E-state index is 13.4. The van der Waals surface area contributed by atoms with Crippen LogP contribution in [0.1, 0.15) is 50.1 Å². The largest absolute Gasteiger partial charge is 0.490 e. The zero-order valence-electron chi connectivity index (χ0n) is 21.0. The summed E-state index contributed by atoms with van der Waals surface area (Å²) in [6.45, 7) is 6.70. The number of aromatic nitrogens is 2. The monoisotopic (exact) mass is 679 g/mol. The van der Waals surface area contributed by atoms with Gasteiger partial charge in [-0.25, -0.2) is 4.98 Å². The number of nitrogens with zero attached hydrogens (tertiary/aromatic N) is 3. The Balaban J connectivity index is 1.70. The Morgan fingerprint density at radius 3 is 2.55 bits per heavy atom. The normalized spacial score (nSPS) is 12.3. The van der Waals surface area contributed by atoms with Crippen LogP contribution in [-0.2, 0) is 6.61 Å². The number of hydrogen-bond acceptors (Lipinski definition) is 5. The molecule has 0 fully saturated rings. The van der Waals surface area contributed by atoms with Crippen LogP contribution in [0.25, 0.3) is 10.9 Å². The second-order valence-corrected chi connectivity index (χ2v) is 11.2. The molecule has 4 aromatic rings. The number of hydrogen-bond donors (Lipinski definition) is 0. The lowest BCUT2D eigenvalue weighted by Crippen LogP contribution is -2.23. The third kappa shape index (κ3) is 6.42. The average molecular weight is 682 g/mol. The van der Waals surface area contributed by atoms with Gasteiger partial charge in [-0.3, -0.25) is 4.79 Å². The number of halogens is 4. The van der Waals surface area contributed by atoms with Crippen LogP contribution in [0.5, 0.6) is 11.5 Å². The maximum Gasteiger partial charge on any atom is 0.282 e. The van der Waals surface area contributed by atoms with E-state index in [1.165, 1.54) is 4.68 Å². The van der Waals surface area contributed by atoms with E-state index < -0.39 is 0 Å². The Hall–Kier alpha value is -2.39. The summed E-state index contributed by atoms with van der Waals surface area (Å²) in [4.78, 5) is 18.2. The first kappa shape index (κ1) is 28.6. The van der Waals surface area contributed by atoms with Crippen LogP contribution < -0.4 is 15.0 Å². The van der Waals surface area contributed by atoms with E-state index in [1.54, 1.807) is 24.4 Å². The lowest BCUT2D eigenvalue weighted by atomic mass is 10.1. The molecule has 3 aromatic carbocycles. The van der Waals surface area contributed by atoms with Gasteiger partial charge in [0.1, 0.15) is 12.4 Å². The van der Waals surface area contributed by atoms with E-state index >= 15 is 0 Å². The van der Waals surface area contributed by atoms with Crippen LogP contribution in [0.3, 0.4) is 0 Å². The van der Waals surface area contributed by atoms with Crippen LogP contribution in [0.2, 0.25) is 10.0 Å². The third-order valence-electron chi connectivity index (χ3n) is 5.91. The van der Waals surface area contributed by atoms with E-state index in [0.717, 1.165) is 22.0 Å². The average Bonchev–Trinajstić information content (AvgIpc) is 2.89. The van der Waals surface area contributed by atoms with Crippen molar-refractivity contribution in [3.8, 4) is 11.5 Å². The molecule has 4 rings (SSSR count). The highest BCUT2D eigenvalue weighted by Crippen LogP contribution is 2.37. The number of benzene rings is 3. The summed E-state index contributed by atoms with van der Waals surface area (Å²) in [7, 11) is 0. The molecule has 0 aliphatic carbocycles. The molecule has 0 saturated carbocycles. The minimum Gasteiger partial charge on any atom is -0.490 e. The minimum absolute atomic E-state index is 0.0377. The topological polar surface area (TPSA) is 65.7 Å². The van der Waals surface area contributed by atoms with Gasteiger partial charge >= 0.3 is 0 Å². The lowest BCUT2D eigenvalue weighted by molar-refractivity contribution is 0.267. The summed E-state index contributed by atoms with van der Waals surface area (Å²) in [6.07, 6.45) is 2.43. The Labute approximate surface area is 247 Å². The molecule has 198 valence electrons. The van der Waals surface area contributed by atoms with Gasteiger partial charge in [-0.2, -0.15) is 9.78 Å². The van der Waals surface area contributed by atoms with E-state index in [0.29, 0.717) is 49.4 Å². The molecule has 1 atom stereocenters. The van der Waals surface area contributed by atoms with Gasteiger partial charge in [0.2, 0.25) is 0 Å². The number of ether oxygens (including phenoxy) is 2. The van der Waals surface area contributed by atoms with Crippen LogP contribution in [0, 0.1) is 0 Å². The van der Waals surface area contributed by atoms with Crippen molar-refractivity contribution in [2.24, 2.45) is 5.10 Å². The third-order valence-corrected chi connectivity index (χ3v) is 7.73. The Kier molecular flexibility index (Phi) is 9.52. The predicted octanol–water partition coefficient (Wildman–Crippen LogP) is 8.60. The van der Waals surface area contributed by atoms with E-state index in [9.17, 15) is 4.79 Å². The van der Waals surface area contributed by atoms with Gasteiger partial charge in [0.05, 0.1) is 38.2 Å². The summed E-state index contributed by atoms with van der Waals surface area (Å²) in [5.41, 5.74) is 2.00. The molecule has 0 saturated heterocycles. The molecule has 0 bridgehead atoms. The summed E-state index contributed by atoms with van der Waals surface area (Å²) in [6, 6.07) is 14.5. The molecular weight excluding hydrogens is 657 g/mol. The van der Waals surface area contributed by atoms with Gasteiger partial charge in [0.15, 0.2) is 11.5 Å². The van der Waals surface area contributed by atoms with Gasteiger partial charge in [-0.1, -0.05) is 59.0 Å². The molecule has 6 nitrogen and oxygen atoms in total. The fourth-order valence-electron chi connectivity index (χ4n) is 3.75. The highest BCUT2D eigenvalue weighted by Gasteiger charge is 2.17. The van der Waals surface area contributed by atoms with Gasteiger partial charge in [-0.15, -0.1) is 0 Å². The van der Waals surface area contributed by atoms with Crippen molar-refractivity contribution in [1.82, 2.24) is 9.66 Å². The molecule has 1 aromatic heterocycles. The molecule has 10 heteroatoms. The van der Waals surface area contributed by atoms with Gasteiger partial charge in [0.25, 0.3) is 5.56 Å². The highest BCUT2D eigenvalue weighted by molar-refractivity contribution is 9.10. The smallest absolute Gasteiger partial charge is 0.282 e. The SMILES string of the molecule is CCOc1cc(C=Nn2c([C@@H](C)CC)nc3ccc(Br)cc3c2=O)cc(Br)c1OCc1ccc(Cl)c(Cl)c1. The fourth-order valence-corrected chi connectivity index (χ4v) is 5.01. The molecule has 0 radical (unpaired) electrons. The van der Waals surface area contributed by atoms with E-state index in [4.69, 9.17) is 37.7 Å². The number of fused-ring (bicyclic) bond motifs is 1. The Morgan fingerprint density at radius 1 is 1.05 bits per heavy atom. The van der Waals surface area contributed by atoms with Crippen molar-refractivity contribution in [2.45, 2.75) is 39.7 Å². The zero-order valence-corrected chi connectivity index (χ0v) is 25.7. The number of rotatable bonds is 9. The van der Waals surface area contributed by atoms with Crippen molar-refractivity contribution < 1.29 is 9.47 Å². The Bertz CT molecular complexity index is 1570. The van der Waals surface area contributed by atoms with Crippen LogP contribution in [-0.4, -0.2) is 22.5 Å². The summed E-state index contributed by atoms with van der Waals surface area (Å²) in [5, 5.41) is 6.01. The standard InChI is InChI=1S/C28H25Br2Cl2N3O3/c1-4-16(3)27-34-24-9-7-19(29)13-20(24)28(36)35(27)33-14-18-10-21(30)26(25(12-18)37-5-2)38-15-17-6-8-22(31)23(32)11-17/h6-14,16H,4-5,15H2,1-3H3/t16-/m0/s1. The van der Waals surface area contributed by atoms with Crippen molar-refractivity contribution in [1.29, 1.82) is 0 Å². The van der Waals surface area contributed by atoms with E-state index in [2.05, 4.69) is 43.9 Å².